The Morgan fingerprint density at radius 3 is 2.77 bits per heavy atom. The van der Waals surface area contributed by atoms with E-state index in [4.69, 9.17) is 0 Å². The molecular weight excluding hydrogens is 438 g/mol. The van der Waals surface area contributed by atoms with Crippen LogP contribution in [0.15, 0.2) is 67.1 Å². The van der Waals surface area contributed by atoms with Crippen molar-refractivity contribution in [1.82, 2.24) is 29.5 Å². The Kier molecular flexibility index (Phi) is 5.30. The Bertz CT molecular complexity index is 1530. The number of piperidine rings is 1. The van der Waals surface area contributed by atoms with E-state index in [9.17, 15) is 4.79 Å². The number of ketones is 1. The third kappa shape index (κ3) is 3.95. The smallest absolute Gasteiger partial charge is 0.228 e. The molecule has 8 nitrogen and oxygen atoms in total. The largest absolute Gasteiger partial charge is 0.371 e. The summed E-state index contributed by atoms with van der Waals surface area (Å²) in [5.74, 6) is 0.176. The number of benzene rings is 1. The first kappa shape index (κ1) is 21.5. The second kappa shape index (κ2) is 8.63. The van der Waals surface area contributed by atoms with Crippen LogP contribution < -0.4 is 4.90 Å². The summed E-state index contributed by atoms with van der Waals surface area (Å²) < 4.78 is 1.80. The summed E-state index contributed by atoms with van der Waals surface area (Å²) in [6, 6.07) is 16.2. The number of H-pyrrole nitrogens is 1. The van der Waals surface area contributed by atoms with Crippen LogP contribution in [0.5, 0.6) is 0 Å². The maximum absolute atomic E-state index is 13.3. The fourth-order valence-electron chi connectivity index (χ4n) is 4.93. The molecule has 1 aromatic carbocycles. The summed E-state index contributed by atoms with van der Waals surface area (Å²) in [5.41, 5.74) is 5.89. The van der Waals surface area contributed by atoms with Gasteiger partial charge in [-0.15, -0.1) is 0 Å². The van der Waals surface area contributed by atoms with E-state index >= 15 is 0 Å². The van der Waals surface area contributed by atoms with Crippen LogP contribution in [-0.4, -0.2) is 68.5 Å². The number of hydrogen-bond acceptors (Lipinski definition) is 6. The van der Waals surface area contributed by atoms with Crippen molar-refractivity contribution in [3.05, 3.63) is 78.5 Å². The van der Waals surface area contributed by atoms with Crippen LogP contribution in [0.4, 0.5) is 5.69 Å². The van der Waals surface area contributed by atoms with Gasteiger partial charge in [-0.1, -0.05) is 6.07 Å². The molecule has 1 fully saturated rings. The molecule has 4 aromatic heterocycles. The molecule has 0 atom stereocenters. The van der Waals surface area contributed by atoms with Gasteiger partial charge in [-0.05, 0) is 69.4 Å². The van der Waals surface area contributed by atoms with Crippen molar-refractivity contribution in [1.29, 1.82) is 0 Å². The van der Waals surface area contributed by atoms with Gasteiger partial charge >= 0.3 is 0 Å². The Morgan fingerprint density at radius 1 is 1.09 bits per heavy atom. The molecule has 0 bridgehead atoms. The van der Waals surface area contributed by atoms with Crippen LogP contribution in [-0.2, 0) is 0 Å². The van der Waals surface area contributed by atoms with Crippen LogP contribution >= 0.6 is 0 Å². The van der Waals surface area contributed by atoms with Gasteiger partial charge in [0.05, 0.1) is 28.4 Å². The lowest BCUT2D eigenvalue weighted by Crippen LogP contribution is -2.41. The summed E-state index contributed by atoms with van der Waals surface area (Å²) >= 11 is 0. The monoisotopic (exact) mass is 465 g/mol. The second-order valence-corrected chi connectivity index (χ2v) is 9.32. The van der Waals surface area contributed by atoms with Gasteiger partial charge in [0.25, 0.3) is 0 Å². The first-order valence-corrected chi connectivity index (χ1v) is 11.9. The Labute approximate surface area is 203 Å². The van der Waals surface area contributed by atoms with Crippen molar-refractivity contribution in [2.24, 2.45) is 0 Å². The molecule has 1 aliphatic heterocycles. The second-order valence-electron chi connectivity index (χ2n) is 9.32. The third-order valence-corrected chi connectivity index (χ3v) is 6.97. The fourth-order valence-corrected chi connectivity index (χ4v) is 4.93. The zero-order valence-corrected chi connectivity index (χ0v) is 19.8. The Morgan fingerprint density at radius 2 is 1.94 bits per heavy atom. The number of nitrogens with one attached hydrogen (secondary N) is 1. The molecule has 1 saturated heterocycles. The van der Waals surface area contributed by atoms with E-state index in [0.717, 1.165) is 53.7 Å². The molecule has 1 N–H and O–H groups in total. The predicted molar refractivity (Wildman–Crippen MR) is 137 cm³/mol. The molecule has 5 heterocycles. The topological polar surface area (TPSA) is 82.4 Å². The van der Waals surface area contributed by atoms with Gasteiger partial charge in [-0.25, -0.2) is 9.50 Å². The number of carbonyl (C=O) groups is 1. The lowest BCUT2D eigenvalue weighted by atomic mass is 10.0. The highest BCUT2D eigenvalue weighted by molar-refractivity contribution is 6.08. The van der Waals surface area contributed by atoms with Crippen LogP contribution in [0, 0.1) is 0 Å². The SMILES string of the molecule is CN(C)C1CCN(c2ccc3nc(C(=O)c4ccnc(-c5cnn6ccccc56)c4)[nH]c3c2)CC1. The maximum Gasteiger partial charge on any atom is 0.228 e. The quantitative estimate of drug-likeness (QED) is 0.395. The average molecular weight is 466 g/mol. The van der Waals surface area contributed by atoms with Crippen LogP contribution in [0.3, 0.4) is 0 Å². The Balaban J connectivity index is 1.26. The third-order valence-electron chi connectivity index (χ3n) is 6.97. The zero-order chi connectivity index (χ0) is 23.9. The molecular formula is C27H27N7O. The molecule has 5 aromatic rings. The van der Waals surface area contributed by atoms with Crippen molar-refractivity contribution < 1.29 is 4.79 Å². The maximum atomic E-state index is 13.3. The highest BCUT2D eigenvalue weighted by atomic mass is 16.1. The lowest BCUT2D eigenvalue weighted by Gasteiger charge is -2.36. The number of imidazole rings is 1. The number of aromatic nitrogens is 5. The summed E-state index contributed by atoms with van der Waals surface area (Å²) in [6.45, 7) is 2.05. The van der Waals surface area contributed by atoms with Crippen molar-refractivity contribution in [3.63, 3.8) is 0 Å². The van der Waals surface area contributed by atoms with Gasteiger partial charge in [0.1, 0.15) is 0 Å². The number of pyridine rings is 2. The average Bonchev–Trinajstić information content (AvgIpc) is 3.52. The van der Waals surface area contributed by atoms with E-state index in [2.05, 4.69) is 56.1 Å². The summed E-state index contributed by atoms with van der Waals surface area (Å²) in [4.78, 5) is 30.4. The molecule has 6 rings (SSSR count). The molecule has 0 radical (unpaired) electrons. The number of hydrogen-bond donors (Lipinski definition) is 1. The van der Waals surface area contributed by atoms with Gasteiger partial charge in [0.2, 0.25) is 5.78 Å². The number of rotatable bonds is 5. The van der Waals surface area contributed by atoms with Crippen LogP contribution in [0.1, 0.15) is 29.0 Å². The minimum Gasteiger partial charge on any atom is -0.371 e. The van der Waals surface area contributed by atoms with E-state index in [-0.39, 0.29) is 5.78 Å². The molecule has 0 unspecified atom stereocenters. The molecule has 0 saturated carbocycles. The van der Waals surface area contributed by atoms with Gasteiger partial charge in [0.15, 0.2) is 5.82 Å². The number of fused-ring (bicyclic) bond motifs is 2. The zero-order valence-electron chi connectivity index (χ0n) is 19.8. The molecule has 0 aliphatic carbocycles. The summed E-state index contributed by atoms with van der Waals surface area (Å²) in [5, 5.41) is 4.38. The highest BCUT2D eigenvalue weighted by Crippen LogP contribution is 2.27. The summed E-state index contributed by atoms with van der Waals surface area (Å²) in [7, 11) is 4.30. The molecule has 8 heteroatoms. The molecule has 35 heavy (non-hydrogen) atoms. The number of anilines is 1. The van der Waals surface area contributed by atoms with Crippen molar-refractivity contribution in [2.45, 2.75) is 18.9 Å². The van der Waals surface area contributed by atoms with Crippen LogP contribution in [0.2, 0.25) is 0 Å². The predicted octanol–water partition coefficient (Wildman–Crippen LogP) is 4.03. The minimum atomic E-state index is -0.158. The van der Waals surface area contributed by atoms with E-state index in [1.54, 1.807) is 29.0 Å². The molecule has 1 aliphatic rings. The number of nitrogens with zero attached hydrogens (tertiary/aromatic N) is 6. The highest BCUT2D eigenvalue weighted by Gasteiger charge is 2.22. The normalized spacial score (nSPS) is 14.9. The van der Waals surface area contributed by atoms with Gasteiger partial charge < -0.3 is 14.8 Å². The fraction of sp³-hybridized carbons (Fsp3) is 0.259. The van der Waals surface area contributed by atoms with E-state index in [1.807, 2.05) is 30.5 Å². The van der Waals surface area contributed by atoms with Crippen molar-refractivity contribution in [2.75, 3.05) is 32.1 Å². The first-order chi connectivity index (χ1) is 17.1. The van der Waals surface area contributed by atoms with Crippen molar-refractivity contribution in [3.8, 4) is 11.3 Å². The number of aromatic amines is 1. The lowest BCUT2D eigenvalue weighted by molar-refractivity contribution is 0.103. The standard InChI is InChI=1S/C27H27N7O/c1-32(2)19-9-13-33(14-10-19)20-6-7-22-24(16-20)31-27(30-22)26(35)18-8-11-28-23(15-18)21-17-29-34-12-4-3-5-25(21)34/h3-8,11-12,15-17,19H,9-10,13-14H2,1-2H3,(H,30,31). The van der Waals surface area contributed by atoms with Crippen molar-refractivity contribution >= 4 is 28.0 Å². The van der Waals surface area contributed by atoms with Gasteiger partial charge in [-0.2, -0.15) is 5.10 Å². The van der Waals surface area contributed by atoms with Crippen LogP contribution in [0.25, 0.3) is 27.8 Å². The van der Waals surface area contributed by atoms with E-state index in [1.165, 1.54) is 0 Å². The first-order valence-electron chi connectivity index (χ1n) is 11.9. The molecule has 0 amide bonds. The Hall–Kier alpha value is -4.04. The summed E-state index contributed by atoms with van der Waals surface area (Å²) in [6.07, 6.45) is 7.62. The number of carbonyl (C=O) groups excluding carboxylic acids is 1. The van der Waals surface area contributed by atoms with Gasteiger partial charge in [-0.3, -0.25) is 9.78 Å². The van der Waals surface area contributed by atoms with Gasteiger partial charge in [0, 0.05) is 48.3 Å². The molecule has 176 valence electrons. The molecule has 0 spiro atoms. The van der Waals surface area contributed by atoms with E-state index < -0.39 is 0 Å². The minimum absolute atomic E-state index is 0.158. The van der Waals surface area contributed by atoms with E-state index in [0.29, 0.717) is 23.1 Å².